The van der Waals surface area contributed by atoms with Gasteiger partial charge in [0.1, 0.15) is 5.75 Å². The van der Waals surface area contributed by atoms with E-state index in [4.69, 9.17) is 4.74 Å². The second-order valence-electron chi connectivity index (χ2n) is 8.78. The molecule has 156 valence electrons. The Labute approximate surface area is 175 Å². The van der Waals surface area contributed by atoms with Crippen LogP contribution in [0.1, 0.15) is 62.5 Å². The van der Waals surface area contributed by atoms with Crippen molar-refractivity contribution in [2.45, 2.75) is 51.4 Å². The maximum Gasteiger partial charge on any atom is 0.417 e. The van der Waals surface area contributed by atoms with E-state index in [0.717, 1.165) is 12.2 Å². The van der Waals surface area contributed by atoms with Crippen LogP contribution >= 0.6 is 0 Å². The predicted molar refractivity (Wildman–Crippen MR) is 120 cm³/mol. The number of carbonyl (C=O) groups is 1. The van der Waals surface area contributed by atoms with E-state index in [1.807, 2.05) is 42.5 Å². The number of ether oxygens (including phenoxy) is 1. The molecule has 0 heterocycles. The highest BCUT2D eigenvalue weighted by Crippen LogP contribution is 2.39. The molecule has 4 nitrogen and oxygen atoms in total. The zero-order chi connectivity index (χ0) is 20.8. The molecule has 1 saturated carbocycles. The highest BCUT2D eigenvalue weighted by atomic mass is 16.6. The van der Waals surface area contributed by atoms with E-state index in [-0.39, 0.29) is 0 Å². The lowest BCUT2D eigenvalue weighted by Crippen LogP contribution is -2.29. The molecule has 1 N–H and O–H groups in total. The molecule has 0 bridgehead atoms. The predicted octanol–water partition coefficient (Wildman–Crippen LogP) is 6.26. The molecule has 1 aliphatic rings. The minimum atomic E-state index is -0.451. The number of amides is 1. The molecule has 29 heavy (non-hydrogen) atoms. The van der Waals surface area contributed by atoms with Crippen LogP contribution in [0.5, 0.6) is 5.75 Å². The van der Waals surface area contributed by atoms with Gasteiger partial charge in [0, 0.05) is 12.2 Å². The van der Waals surface area contributed by atoms with Crippen molar-refractivity contribution in [3.05, 3.63) is 59.7 Å². The van der Waals surface area contributed by atoms with Crippen LogP contribution in [0, 0.1) is 5.92 Å². The van der Waals surface area contributed by atoms with Crippen LogP contribution < -0.4 is 10.1 Å². The van der Waals surface area contributed by atoms with E-state index in [1.54, 1.807) is 0 Å². The molecule has 2 aromatic carbocycles. The Hall–Kier alpha value is -2.33. The Bertz CT molecular complexity index is 799. The summed E-state index contributed by atoms with van der Waals surface area (Å²) in [6.07, 6.45) is 4.60. The highest BCUT2D eigenvalue weighted by Gasteiger charge is 2.27. The van der Waals surface area contributed by atoms with E-state index < -0.39 is 6.09 Å². The van der Waals surface area contributed by atoms with Gasteiger partial charge in [0.25, 0.3) is 0 Å². The average Bonchev–Trinajstić information content (AvgIpc) is 2.68. The van der Waals surface area contributed by atoms with Crippen molar-refractivity contribution in [3.63, 3.8) is 0 Å². The van der Waals surface area contributed by atoms with Gasteiger partial charge >= 0.3 is 6.09 Å². The van der Waals surface area contributed by atoms with E-state index in [2.05, 4.69) is 44.2 Å². The molecule has 0 aliphatic heterocycles. The third kappa shape index (κ3) is 6.07. The first-order valence-corrected chi connectivity index (χ1v) is 10.8. The molecule has 0 radical (unpaired) electrons. The van der Waals surface area contributed by atoms with Gasteiger partial charge in [-0.25, -0.2) is 4.79 Å². The van der Waals surface area contributed by atoms with Crippen molar-refractivity contribution in [2.24, 2.45) is 5.92 Å². The Morgan fingerprint density at radius 1 is 1.10 bits per heavy atom. The molecule has 1 aliphatic carbocycles. The van der Waals surface area contributed by atoms with E-state index in [0.29, 0.717) is 23.5 Å². The third-order valence-corrected chi connectivity index (χ3v) is 5.83. The molecule has 1 amide bonds. The Morgan fingerprint density at radius 3 is 2.52 bits per heavy atom. The number of hydrogen-bond donors (Lipinski definition) is 1. The summed E-state index contributed by atoms with van der Waals surface area (Å²) in [7, 11) is 4.28. The fraction of sp³-hybridized carbons (Fsp3) is 0.480. The van der Waals surface area contributed by atoms with Gasteiger partial charge in [-0.1, -0.05) is 51.0 Å². The van der Waals surface area contributed by atoms with Gasteiger partial charge in [-0.05, 0) is 80.1 Å². The molecular formula is C25H34N2O2. The van der Waals surface area contributed by atoms with Crippen LogP contribution in [0.15, 0.2) is 48.5 Å². The standard InChI is InChI=1S/C25H34N2O2/c1-18(2)19-12-14-22(15-13-19)26-25(28)29-23-10-7-9-20(16-23)24-11-6-5-8-21(24)17-27(3)4/h7,9-10,12-16,18,21,24H,5-6,8,11,17H2,1-4H3,(H,26,28). The van der Waals surface area contributed by atoms with Crippen molar-refractivity contribution in [3.8, 4) is 5.75 Å². The largest absolute Gasteiger partial charge is 0.417 e. The lowest BCUT2D eigenvalue weighted by molar-refractivity contribution is 0.214. The SMILES string of the molecule is CC(C)c1ccc(NC(=O)Oc2cccc(C3CCCCC3CN(C)C)c2)cc1. The Kier molecular flexibility index (Phi) is 7.32. The first-order valence-electron chi connectivity index (χ1n) is 10.8. The second kappa shape index (κ2) is 9.93. The maximum atomic E-state index is 12.4. The zero-order valence-corrected chi connectivity index (χ0v) is 18.2. The van der Waals surface area contributed by atoms with Crippen LogP contribution in [0.3, 0.4) is 0 Å². The summed E-state index contributed by atoms with van der Waals surface area (Å²) in [5.41, 5.74) is 3.27. The maximum absolute atomic E-state index is 12.4. The van der Waals surface area contributed by atoms with Gasteiger partial charge in [0.2, 0.25) is 0 Å². The molecule has 2 aromatic rings. The van der Waals surface area contributed by atoms with Crippen molar-refractivity contribution in [1.82, 2.24) is 4.90 Å². The van der Waals surface area contributed by atoms with Crippen LogP contribution in [-0.2, 0) is 0 Å². The van der Waals surface area contributed by atoms with Crippen molar-refractivity contribution < 1.29 is 9.53 Å². The smallest absolute Gasteiger partial charge is 0.410 e. The fourth-order valence-electron chi connectivity index (χ4n) is 4.34. The monoisotopic (exact) mass is 394 g/mol. The van der Waals surface area contributed by atoms with Crippen LogP contribution in [0.4, 0.5) is 10.5 Å². The summed E-state index contributed by atoms with van der Waals surface area (Å²) in [4.78, 5) is 14.6. The molecule has 2 unspecified atom stereocenters. The van der Waals surface area contributed by atoms with Gasteiger partial charge in [-0.3, -0.25) is 5.32 Å². The normalized spacial score (nSPS) is 19.4. The summed E-state index contributed by atoms with van der Waals surface area (Å²) in [6.45, 7) is 5.40. The number of carbonyl (C=O) groups excluding carboxylic acids is 1. The van der Waals surface area contributed by atoms with Gasteiger partial charge in [0.05, 0.1) is 0 Å². The number of benzene rings is 2. The number of anilines is 1. The summed E-state index contributed by atoms with van der Waals surface area (Å²) in [6, 6.07) is 16.0. The second-order valence-corrected chi connectivity index (χ2v) is 8.78. The number of nitrogens with zero attached hydrogens (tertiary/aromatic N) is 1. The lowest BCUT2D eigenvalue weighted by atomic mass is 9.75. The molecule has 3 rings (SSSR count). The van der Waals surface area contributed by atoms with Crippen LogP contribution in [0.2, 0.25) is 0 Å². The quantitative estimate of drug-likeness (QED) is 0.629. The molecule has 2 atom stereocenters. The number of hydrogen-bond acceptors (Lipinski definition) is 3. The minimum Gasteiger partial charge on any atom is -0.410 e. The van der Waals surface area contributed by atoms with Crippen molar-refractivity contribution in [1.29, 1.82) is 0 Å². The Balaban J connectivity index is 1.65. The van der Waals surface area contributed by atoms with Gasteiger partial charge in [0.15, 0.2) is 0 Å². The van der Waals surface area contributed by atoms with Gasteiger partial charge in [-0.2, -0.15) is 0 Å². The van der Waals surface area contributed by atoms with Crippen LogP contribution in [-0.4, -0.2) is 31.6 Å². The zero-order valence-electron chi connectivity index (χ0n) is 18.2. The third-order valence-electron chi connectivity index (χ3n) is 5.83. The highest BCUT2D eigenvalue weighted by molar-refractivity contribution is 5.86. The minimum absolute atomic E-state index is 0.451. The molecule has 0 aromatic heterocycles. The molecule has 1 fully saturated rings. The molecular weight excluding hydrogens is 360 g/mol. The molecule has 4 heteroatoms. The first-order chi connectivity index (χ1) is 13.9. The molecule has 0 spiro atoms. The first kappa shape index (κ1) is 21.4. The van der Waals surface area contributed by atoms with Gasteiger partial charge < -0.3 is 9.64 Å². The van der Waals surface area contributed by atoms with E-state index in [9.17, 15) is 4.79 Å². The average molecular weight is 395 g/mol. The number of nitrogens with one attached hydrogen (secondary N) is 1. The number of rotatable bonds is 6. The van der Waals surface area contributed by atoms with E-state index >= 15 is 0 Å². The summed E-state index contributed by atoms with van der Waals surface area (Å²) >= 11 is 0. The van der Waals surface area contributed by atoms with E-state index in [1.165, 1.54) is 36.8 Å². The lowest BCUT2D eigenvalue weighted by Gasteiger charge is -2.34. The topological polar surface area (TPSA) is 41.6 Å². The summed E-state index contributed by atoms with van der Waals surface area (Å²) in [5, 5.41) is 2.82. The Morgan fingerprint density at radius 2 is 1.83 bits per heavy atom. The van der Waals surface area contributed by atoms with Crippen LogP contribution in [0.25, 0.3) is 0 Å². The van der Waals surface area contributed by atoms with Gasteiger partial charge in [-0.15, -0.1) is 0 Å². The summed E-state index contributed by atoms with van der Waals surface area (Å²) in [5.74, 6) is 2.26. The van der Waals surface area contributed by atoms with Crippen molar-refractivity contribution >= 4 is 11.8 Å². The van der Waals surface area contributed by atoms with Crippen molar-refractivity contribution in [2.75, 3.05) is 26.0 Å². The molecule has 0 saturated heterocycles. The fourth-order valence-corrected chi connectivity index (χ4v) is 4.34. The summed E-state index contributed by atoms with van der Waals surface area (Å²) < 4.78 is 5.58.